The van der Waals surface area contributed by atoms with E-state index in [1.807, 2.05) is 40.3 Å². The normalized spacial score (nSPS) is 12.2. The first-order valence-corrected chi connectivity index (χ1v) is 12.2. The van der Waals surface area contributed by atoms with Crippen LogP contribution in [0.15, 0.2) is 65.1 Å². The van der Waals surface area contributed by atoms with E-state index in [1.165, 1.54) is 40.1 Å². The standard InChI is InChI=1S/C23H23FN6OS2/c1-15(29(2)3)21-27-28-23(30(21)18-7-5-4-6-8-18)33-14-20(31)26-22-25-19(13-32-22)16-9-11-17(24)12-10-16/h4-13,15H,14H2,1-3H3,(H,25,26,31)/p+1/t15-/m0/s1. The predicted molar refractivity (Wildman–Crippen MR) is 129 cm³/mol. The van der Waals surface area contributed by atoms with Crippen molar-refractivity contribution in [3.63, 3.8) is 0 Å². The summed E-state index contributed by atoms with van der Waals surface area (Å²) in [4.78, 5) is 18.3. The molecule has 33 heavy (non-hydrogen) atoms. The number of rotatable bonds is 8. The number of anilines is 1. The Labute approximate surface area is 199 Å². The predicted octanol–water partition coefficient (Wildman–Crippen LogP) is 3.47. The molecule has 0 spiro atoms. The summed E-state index contributed by atoms with van der Waals surface area (Å²) in [5, 5.41) is 14.6. The van der Waals surface area contributed by atoms with Gasteiger partial charge in [-0.05, 0) is 43.3 Å². The van der Waals surface area contributed by atoms with Crippen LogP contribution in [0, 0.1) is 5.82 Å². The van der Waals surface area contributed by atoms with Gasteiger partial charge in [-0.1, -0.05) is 30.0 Å². The number of carbonyl (C=O) groups excluding carboxylic acids is 1. The Hall–Kier alpha value is -3.08. The third-order valence-corrected chi connectivity index (χ3v) is 6.84. The van der Waals surface area contributed by atoms with Crippen molar-refractivity contribution >= 4 is 34.1 Å². The summed E-state index contributed by atoms with van der Waals surface area (Å²) in [6.45, 7) is 2.10. The molecule has 2 N–H and O–H groups in total. The number of carbonyl (C=O) groups is 1. The molecule has 2 aromatic heterocycles. The molecule has 1 atom stereocenters. The molecule has 0 aliphatic rings. The molecule has 170 valence electrons. The Morgan fingerprint density at radius 1 is 1.15 bits per heavy atom. The van der Waals surface area contributed by atoms with Crippen LogP contribution in [0.2, 0.25) is 0 Å². The van der Waals surface area contributed by atoms with Crippen molar-refractivity contribution in [2.75, 3.05) is 25.2 Å². The smallest absolute Gasteiger partial charge is 0.236 e. The summed E-state index contributed by atoms with van der Waals surface area (Å²) in [5.74, 6) is 0.524. The van der Waals surface area contributed by atoms with Crippen molar-refractivity contribution in [2.45, 2.75) is 18.1 Å². The summed E-state index contributed by atoms with van der Waals surface area (Å²) in [6.07, 6.45) is 0. The molecule has 0 unspecified atom stereocenters. The van der Waals surface area contributed by atoms with Crippen LogP contribution in [-0.4, -0.2) is 45.5 Å². The zero-order valence-electron chi connectivity index (χ0n) is 18.4. The van der Waals surface area contributed by atoms with Crippen molar-refractivity contribution in [2.24, 2.45) is 0 Å². The molecule has 0 fully saturated rings. The Kier molecular flexibility index (Phi) is 7.17. The second-order valence-electron chi connectivity index (χ2n) is 7.69. The average Bonchev–Trinajstić information content (AvgIpc) is 3.45. The van der Waals surface area contributed by atoms with E-state index in [0.717, 1.165) is 17.1 Å². The Morgan fingerprint density at radius 2 is 1.88 bits per heavy atom. The number of halogens is 1. The lowest BCUT2D eigenvalue weighted by molar-refractivity contribution is -0.890. The number of thiazole rings is 1. The molecule has 0 saturated heterocycles. The van der Waals surface area contributed by atoms with Crippen molar-refractivity contribution in [1.82, 2.24) is 19.7 Å². The molecule has 0 saturated carbocycles. The van der Waals surface area contributed by atoms with E-state index >= 15 is 0 Å². The van der Waals surface area contributed by atoms with Crippen LogP contribution in [0.25, 0.3) is 16.9 Å². The summed E-state index contributed by atoms with van der Waals surface area (Å²) < 4.78 is 15.1. The number of hydrogen-bond acceptors (Lipinski definition) is 6. The number of quaternary nitrogens is 1. The lowest BCUT2D eigenvalue weighted by atomic mass is 10.2. The fourth-order valence-electron chi connectivity index (χ4n) is 3.10. The van der Waals surface area contributed by atoms with Gasteiger partial charge in [-0.2, -0.15) is 0 Å². The van der Waals surface area contributed by atoms with Crippen molar-refractivity contribution in [3.8, 4) is 16.9 Å². The molecule has 2 heterocycles. The highest BCUT2D eigenvalue weighted by Gasteiger charge is 2.23. The van der Waals surface area contributed by atoms with E-state index < -0.39 is 0 Å². The molecule has 2 aromatic carbocycles. The van der Waals surface area contributed by atoms with Gasteiger partial charge in [0.1, 0.15) is 11.9 Å². The van der Waals surface area contributed by atoms with Gasteiger partial charge in [-0.15, -0.1) is 21.5 Å². The highest BCUT2D eigenvalue weighted by Crippen LogP contribution is 2.27. The largest absolute Gasteiger partial charge is 0.331 e. The molecule has 4 rings (SSSR count). The minimum atomic E-state index is -0.299. The number of benzene rings is 2. The first-order valence-electron chi connectivity index (χ1n) is 10.4. The van der Waals surface area contributed by atoms with E-state index in [9.17, 15) is 9.18 Å². The van der Waals surface area contributed by atoms with E-state index in [1.54, 1.807) is 12.1 Å². The quantitative estimate of drug-likeness (QED) is 0.376. The van der Waals surface area contributed by atoms with Gasteiger partial charge in [-0.25, -0.2) is 9.37 Å². The topological polar surface area (TPSA) is 77.1 Å². The van der Waals surface area contributed by atoms with Gasteiger partial charge in [0.05, 0.1) is 25.5 Å². The second-order valence-corrected chi connectivity index (χ2v) is 9.49. The molecular formula is C23H24FN6OS2+. The molecule has 0 aliphatic carbocycles. The average molecular weight is 484 g/mol. The number of aromatic nitrogens is 4. The maximum absolute atomic E-state index is 13.1. The SMILES string of the molecule is C[C@@H](c1nnc(SCC(=O)Nc2nc(-c3ccc(F)cc3)cs2)n1-c1ccccc1)[NH+](C)C. The highest BCUT2D eigenvalue weighted by molar-refractivity contribution is 7.99. The molecule has 10 heteroatoms. The van der Waals surface area contributed by atoms with Crippen LogP contribution in [0.3, 0.4) is 0 Å². The van der Waals surface area contributed by atoms with Crippen LogP contribution in [0.5, 0.6) is 0 Å². The Balaban J connectivity index is 1.46. The minimum Gasteiger partial charge on any atom is -0.331 e. The van der Waals surface area contributed by atoms with Gasteiger partial charge in [0.2, 0.25) is 5.91 Å². The molecule has 1 amide bonds. The minimum absolute atomic E-state index is 0.126. The van der Waals surface area contributed by atoms with E-state index in [4.69, 9.17) is 0 Å². The van der Waals surface area contributed by atoms with E-state index in [-0.39, 0.29) is 23.5 Å². The summed E-state index contributed by atoms with van der Waals surface area (Å²) in [5.41, 5.74) is 2.44. The third-order valence-electron chi connectivity index (χ3n) is 5.15. The Bertz CT molecular complexity index is 1220. The van der Waals surface area contributed by atoms with Crippen LogP contribution in [0.4, 0.5) is 9.52 Å². The van der Waals surface area contributed by atoms with Gasteiger partial charge < -0.3 is 10.2 Å². The fraction of sp³-hybridized carbons (Fsp3) is 0.217. The monoisotopic (exact) mass is 483 g/mol. The number of thioether (sulfide) groups is 1. The Morgan fingerprint density at radius 3 is 2.58 bits per heavy atom. The molecule has 7 nitrogen and oxygen atoms in total. The number of nitrogens with zero attached hydrogens (tertiary/aromatic N) is 4. The zero-order valence-corrected chi connectivity index (χ0v) is 20.1. The van der Waals surface area contributed by atoms with Gasteiger partial charge in [0.15, 0.2) is 16.1 Å². The van der Waals surface area contributed by atoms with Crippen LogP contribution < -0.4 is 10.2 Å². The molecule has 0 radical (unpaired) electrons. The van der Waals surface area contributed by atoms with Crippen molar-refractivity contribution in [3.05, 3.63) is 71.6 Å². The summed E-state index contributed by atoms with van der Waals surface area (Å²) in [7, 11) is 4.15. The molecule has 0 aliphatic heterocycles. The van der Waals surface area contributed by atoms with Crippen molar-refractivity contribution < 1.29 is 14.1 Å². The lowest BCUT2D eigenvalue weighted by Gasteiger charge is -2.18. The number of para-hydroxylation sites is 1. The van der Waals surface area contributed by atoms with Gasteiger partial charge in [0, 0.05) is 16.6 Å². The summed E-state index contributed by atoms with van der Waals surface area (Å²) in [6, 6.07) is 16.1. The first-order chi connectivity index (χ1) is 15.9. The zero-order chi connectivity index (χ0) is 23.4. The molecular weight excluding hydrogens is 459 g/mol. The molecule has 4 aromatic rings. The van der Waals surface area contributed by atoms with E-state index in [0.29, 0.717) is 16.0 Å². The maximum atomic E-state index is 13.1. The van der Waals surface area contributed by atoms with Gasteiger partial charge >= 0.3 is 0 Å². The number of hydrogen-bond donors (Lipinski definition) is 2. The van der Waals surface area contributed by atoms with Crippen molar-refractivity contribution in [1.29, 1.82) is 0 Å². The molecule has 0 bridgehead atoms. The third kappa shape index (κ3) is 5.47. The highest BCUT2D eigenvalue weighted by atomic mass is 32.2. The second kappa shape index (κ2) is 10.2. The van der Waals surface area contributed by atoms with Crippen LogP contribution >= 0.6 is 23.1 Å². The van der Waals surface area contributed by atoms with Gasteiger partial charge in [-0.3, -0.25) is 9.36 Å². The number of amides is 1. The maximum Gasteiger partial charge on any atom is 0.236 e. The van der Waals surface area contributed by atoms with E-state index in [2.05, 4.69) is 41.5 Å². The number of nitrogens with one attached hydrogen (secondary N) is 2. The van der Waals surface area contributed by atoms with Crippen LogP contribution in [-0.2, 0) is 4.79 Å². The fourth-order valence-corrected chi connectivity index (χ4v) is 4.60. The van der Waals surface area contributed by atoms with Gasteiger partial charge in [0.25, 0.3) is 0 Å². The lowest BCUT2D eigenvalue weighted by Crippen LogP contribution is -3.05. The summed E-state index contributed by atoms with van der Waals surface area (Å²) >= 11 is 2.66. The van der Waals surface area contributed by atoms with Crippen LogP contribution in [0.1, 0.15) is 18.8 Å². The first kappa shape index (κ1) is 23.1.